The van der Waals surface area contributed by atoms with Gasteiger partial charge in [-0.3, -0.25) is 0 Å². The maximum atomic E-state index is 12.5. The molecule has 0 bridgehead atoms. The van der Waals surface area contributed by atoms with Crippen LogP contribution in [-0.4, -0.2) is 34.5 Å². The average Bonchev–Trinajstić information content (AvgIpc) is 3.24. The summed E-state index contributed by atoms with van der Waals surface area (Å²) in [5, 5.41) is 10.2. The van der Waals surface area contributed by atoms with E-state index in [-0.39, 0.29) is 6.03 Å². The first-order valence-electron chi connectivity index (χ1n) is 10.5. The Morgan fingerprint density at radius 1 is 0.970 bits per heavy atom. The molecule has 0 atom stereocenters. The minimum absolute atomic E-state index is 0.294. The fraction of sp³-hybridized carbons (Fsp3) is 0.160. The number of hydrogen-bond donors (Lipinski definition) is 2. The molecule has 4 aromatic rings. The zero-order valence-electron chi connectivity index (χ0n) is 18.7. The monoisotopic (exact) mass is 443 g/mol. The summed E-state index contributed by atoms with van der Waals surface area (Å²) in [5.41, 5.74) is 4.04. The fourth-order valence-electron chi connectivity index (χ4n) is 3.26. The van der Waals surface area contributed by atoms with Crippen molar-refractivity contribution >= 4 is 17.4 Å². The van der Waals surface area contributed by atoms with Gasteiger partial charge in [0, 0.05) is 23.0 Å². The van der Waals surface area contributed by atoms with Crippen molar-refractivity contribution in [3.63, 3.8) is 0 Å². The summed E-state index contributed by atoms with van der Waals surface area (Å²) in [7, 11) is 1.58. The number of anilines is 2. The molecule has 3 aromatic carbocycles. The number of urea groups is 1. The van der Waals surface area contributed by atoms with Crippen molar-refractivity contribution in [2.24, 2.45) is 0 Å². The van der Waals surface area contributed by atoms with Gasteiger partial charge in [0.1, 0.15) is 5.75 Å². The van der Waals surface area contributed by atoms with Gasteiger partial charge in [0.15, 0.2) is 5.82 Å². The third-order valence-corrected chi connectivity index (χ3v) is 4.85. The number of rotatable bonds is 7. The number of amides is 2. The second-order valence-corrected chi connectivity index (χ2v) is 7.29. The molecule has 2 amide bonds. The highest BCUT2D eigenvalue weighted by molar-refractivity contribution is 6.00. The Morgan fingerprint density at radius 3 is 2.36 bits per heavy atom. The van der Waals surface area contributed by atoms with Crippen molar-refractivity contribution in [2.75, 3.05) is 24.4 Å². The van der Waals surface area contributed by atoms with E-state index in [4.69, 9.17) is 9.47 Å². The highest BCUT2D eigenvalue weighted by Gasteiger charge is 2.15. The van der Waals surface area contributed by atoms with Gasteiger partial charge in [0.25, 0.3) is 0 Å². The van der Waals surface area contributed by atoms with Gasteiger partial charge < -0.3 is 20.1 Å². The number of methoxy groups -OCH3 is 1. The van der Waals surface area contributed by atoms with Crippen LogP contribution >= 0.6 is 0 Å². The van der Waals surface area contributed by atoms with Gasteiger partial charge in [-0.05, 0) is 44.2 Å². The van der Waals surface area contributed by atoms with Crippen LogP contribution in [0, 0.1) is 6.92 Å². The lowest BCUT2D eigenvalue weighted by Gasteiger charge is -2.11. The zero-order chi connectivity index (χ0) is 23.2. The molecule has 0 saturated carbocycles. The molecule has 0 aliphatic rings. The largest absolute Gasteiger partial charge is 0.497 e. The molecule has 0 saturated heterocycles. The van der Waals surface area contributed by atoms with Crippen LogP contribution in [0.3, 0.4) is 0 Å². The normalized spacial score (nSPS) is 10.5. The molecule has 0 aliphatic carbocycles. The Balaban J connectivity index is 1.59. The van der Waals surface area contributed by atoms with E-state index in [1.165, 1.54) is 0 Å². The maximum Gasteiger partial charge on any atom is 0.336 e. The summed E-state index contributed by atoms with van der Waals surface area (Å²) in [4.78, 5) is 17.1. The number of carbonyl (C=O) groups excluding carboxylic acids is 1. The number of benzene rings is 3. The van der Waals surface area contributed by atoms with Gasteiger partial charge in [0.05, 0.1) is 19.4 Å². The van der Waals surface area contributed by atoms with Crippen molar-refractivity contribution in [3.05, 3.63) is 78.4 Å². The fourth-order valence-corrected chi connectivity index (χ4v) is 3.26. The molecule has 33 heavy (non-hydrogen) atoms. The van der Waals surface area contributed by atoms with Gasteiger partial charge >= 0.3 is 12.0 Å². The average molecular weight is 444 g/mol. The van der Waals surface area contributed by atoms with Crippen LogP contribution < -0.4 is 20.1 Å². The first-order valence-corrected chi connectivity index (χ1v) is 10.5. The zero-order valence-corrected chi connectivity index (χ0v) is 18.7. The van der Waals surface area contributed by atoms with Crippen LogP contribution in [0.15, 0.2) is 72.8 Å². The summed E-state index contributed by atoms with van der Waals surface area (Å²) in [5.74, 6) is 1.31. The van der Waals surface area contributed by atoms with Crippen molar-refractivity contribution in [3.8, 4) is 28.8 Å². The van der Waals surface area contributed by atoms with Gasteiger partial charge in [-0.15, -0.1) is 5.10 Å². The second-order valence-electron chi connectivity index (χ2n) is 7.29. The summed E-state index contributed by atoms with van der Waals surface area (Å²) in [6.45, 7) is 4.38. The molecule has 0 spiro atoms. The molecule has 2 N–H and O–H groups in total. The third-order valence-electron chi connectivity index (χ3n) is 4.85. The molecule has 0 unspecified atom stereocenters. The molecule has 0 radical (unpaired) electrons. The predicted octanol–water partition coefficient (Wildman–Crippen LogP) is 5.29. The van der Waals surface area contributed by atoms with Crippen LogP contribution in [0.25, 0.3) is 17.1 Å². The van der Waals surface area contributed by atoms with Gasteiger partial charge in [0.2, 0.25) is 0 Å². The SMILES string of the molecule is CCOc1nc(-c2ccc(C)cc2)n(-c2cccc(NC(=O)Nc3cccc(OC)c3)c2)n1. The Hall–Kier alpha value is -4.33. The summed E-state index contributed by atoms with van der Waals surface area (Å²) in [6, 6.07) is 22.5. The highest BCUT2D eigenvalue weighted by atomic mass is 16.5. The van der Waals surface area contributed by atoms with E-state index < -0.39 is 0 Å². The van der Waals surface area contributed by atoms with E-state index in [2.05, 4.69) is 20.7 Å². The van der Waals surface area contributed by atoms with E-state index in [0.717, 1.165) is 16.8 Å². The molecule has 8 heteroatoms. The molecule has 0 aliphatic heterocycles. The van der Waals surface area contributed by atoms with E-state index >= 15 is 0 Å². The van der Waals surface area contributed by atoms with Crippen LogP contribution in [0.1, 0.15) is 12.5 Å². The van der Waals surface area contributed by atoms with Crippen molar-refractivity contribution in [2.45, 2.75) is 13.8 Å². The molecule has 0 fully saturated rings. The lowest BCUT2D eigenvalue weighted by Crippen LogP contribution is -2.19. The van der Waals surface area contributed by atoms with E-state index in [1.807, 2.05) is 68.4 Å². The van der Waals surface area contributed by atoms with Crippen molar-refractivity contribution in [1.29, 1.82) is 0 Å². The quantitative estimate of drug-likeness (QED) is 0.405. The molecule has 1 aromatic heterocycles. The number of nitrogens with one attached hydrogen (secondary N) is 2. The number of nitrogens with zero attached hydrogens (tertiary/aromatic N) is 3. The Bertz CT molecular complexity index is 1250. The van der Waals surface area contributed by atoms with E-state index in [9.17, 15) is 4.79 Å². The first kappa shape index (κ1) is 21.9. The minimum atomic E-state index is -0.368. The summed E-state index contributed by atoms with van der Waals surface area (Å²) < 4.78 is 12.4. The van der Waals surface area contributed by atoms with Crippen LogP contribution in [0.2, 0.25) is 0 Å². The Labute approximate surface area is 192 Å². The molecule has 4 rings (SSSR count). The Kier molecular flexibility index (Phi) is 6.54. The lowest BCUT2D eigenvalue weighted by molar-refractivity contribution is 0.262. The first-order chi connectivity index (χ1) is 16.1. The van der Waals surface area contributed by atoms with Crippen LogP contribution in [-0.2, 0) is 0 Å². The third kappa shape index (κ3) is 5.30. The predicted molar refractivity (Wildman–Crippen MR) is 128 cm³/mol. The van der Waals surface area contributed by atoms with E-state index in [1.54, 1.807) is 30.0 Å². The molecule has 168 valence electrons. The van der Waals surface area contributed by atoms with Crippen molar-refractivity contribution in [1.82, 2.24) is 14.8 Å². The molecule has 1 heterocycles. The van der Waals surface area contributed by atoms with E-state index in [0.29, 0.717) is 35.6 Å². The Morgan fingerprint density at radius 2 is 1.67 bits per heavy atom. The van der Waals surface area contributed by atoms with Gasteiger partial charge in [-0.2, -0.15) is 4.98 Å². The molecular weight excluding hydrogens is 418 g/mol. The number of ether oxygens (including phenoxy) is 2. The minimum Gasteiger partial charge on any atom is -0.497 e. The van der Waals surface area contributed by atoms with Crippen LogP contribution in [0.4, 0.5) is 16.2 Å². The topological polar surface area (TPSA) is 90.3 Å². The van der Waals surface area contributed by atoms with Crippen LogP contribution in [0.5, 0.6) is 11.8 Å². The summed E-state index contributed by atoms with van der Waals surface area (Å²) in [6.07, 6.45) is 0. The van der Waals surface area contributed by atoms with Gasteiger partial charge in [-0.1, -0.05) is 42.0 Å². The number of hydrogen-bond acceptors (Lipinski definition) is 5. The summed E-state index contributed by atoms with van der Waals surface area (Å²) >= 11 is 0. The molecular formula is C25H25N5O3. The van der Waals surface area contributed by atoms with Crippen molar-refractivity contribution < 1.29 is 14.3 Å². The smallest absolute Gasteiger partial charge is 0.336 e. The standard InChI is InChI=1S/C25H25N5O3/c1-4-33-25-28-23(18-13-11-17(2)12-14-18)30(29-25)21-9-5-7-19(15-21)26-24(31)27-20-8-6-10-22(16-20)32-3/h5-16H,4H2,1-3H3,(H2,26,27,31). The van der Waals surface area contributed by atoms with Gasteiger partial charge in [-0.25, -0.2) is 9.48 Å². The number of carbonyl (C=O) groups is 1. The highest BCUT2D eigenvalue weighted by Crippen LogP contribution is 2.25. The number of aryl methyl sites for hydroxylation is 1. The lowest BCUT2D eigenvalue weighted by atomic mass is 10.1. The second kappa shape index (κ2) is 9.86. The maximum absolute atomic E-state index is 12.5. The molecule has 8 nitrogen and oxygen atoms in total. The number of aromatic nitrogens is 3.